The minimum absolute atomic E-state index is 0.131. The van der Waals surface area contributed by atoms with Crippen molar-refractivity contribution in [2.24, 2.45) is 0 Å². The van der Waals surface area contributed by atoms with Crippen LogP contribution in [-0.4, -0.2) is 29.7 Å². The molecule has 0 radical (unpaired) electrons. The summed E-state index contributed by atoms with van der Waals surface area (Å²) in [6.45, 7) is 4.08. The number of benzene rings is 1. The fourth-order valence-corrected chi connectivity index (χ4v) is 1.93. The second-order valence-corrected chi connectivity index (χ2v) is 4.81. The van der Waals surface area contributed by atoms with Crippen LogP contribution in [0, 0.1) is 0 Å². The minimum atomic E-state index is -0.131. The maximum absolute atomic E-state index is 9.77. The molecule has 0 aromatic heterocycles. The van der Waals surface area contributed by atoms with E-state index in [9.17, 15) is 5.11 Å². The van der Waals surface area contributed by atoms with Crippen molar-refractivity contribution < 1.29 is 5.11 Å². The van der Waals surface area contributed by atoms with E-state index in [4.69, 9.17) is 0 Å². The number of aliphatic hydroxyl groups excluding tert-OH is 1. The van der Waals surface area contributed by atoms with Crippen molar-refractivity contribution in [2.45, 2.75) is 45.3 Å². The Bertz CT molecular complexity index is 286. The third kappa shape index (κ3) is 6.44. The first kappa shape index (κ1) is 14.2. The van der Waals surface area contributed by atoms with Crippen LogP contribution in [-0.2, 0) is 6.54 Å². The van der Waals surface area contributed by atoms with E-state index in [2.05, 4.69) is 43.1 Å². The lowest BCUT2D eigenvalue weighted by Gasteiger charge is -2.18. The van der Waals surface area contributed by atoms with Gasteiger partial charge in [-0.15, -0.1) is 0 Å². The second-order valence-electron chi connectivity index (χ2n) is 4.81. The summed E-state index contributed by atoms with van der Waals surface area (Å²) in [6, 6.07) is 10.5. The van der Waals surface area contributed by atoms with E-state index < -0.39 is 0 Å². The summed E-state index contributed by atoms with van der Waals surface area (Å²) < 4.78 is 0. The predicted octanol–water partition coefficient (Wildman–Crippen LogP) is 3.06. The average Bonchev–Trinajstić information content (AvgIpc) is 2.35. The smallest absolute Gasteiger partial charge is 0.0552 e. The molecule has 2 nitrogen and oxygen atoms in total. The molecular formula is C15H25NO. The Morgan fingerprint density at radius 1 is 1.18 bits per heavy atom. The molecule has 0 saturated carbocycles. The molecule has 0 amide bonds. The van der Waals surface area contributed by atoms with Gasteiger partial charge in [-0.25, -0.2) is 0 Å². The molecule has 1 aromatic rings. The molecule has 0 aliphatic rings. The molecule has 1 atom stereocenters. The lowest BCUT2D eigenvalue weighted by Crippen LogP contribution is -2.23. The summed E-state index contributed by atoms with van der Waals surface area (Å²) in [5.74, 6) is 0. The summed E-state index contributed by atoms with van der Waals surface area (Å²) in [4.78, 5) is 2.27. The van der Waals surface area contributed by atoms with Crippen LogP contribution in [0.2, 0.25) is 0 Å². The Kier molecular flexibility index (Phi) is 6.90. The van der Waals surface area contributed by atoms with Crippen LogP contribution in [0.3, 0.4) is 0 Å². The summed E-state index contributed by atoms with van der Waals surface area (Å²) in [7, 11) is 2.11. The molecule has 0 aliphatic carbocycles. The van der Waals surface area contributed by atoms with Crippen LogP contribution in [0.1, 0.15) is 38.2 Å². The van der Waals surface area contributed by atoms with Gasteiger partial charge in [0.1, 0.15) is 0 Å². The third-order valence-electron chi connectivity index (χ3n) is 3.03. The van der Waals surface area contributed by atoms with Gasteiger partial charge in [-0.3, -0.25) is 0 Å². The van der Waals surface area contributed by atoms with Gasteiger partial charge in [0.15, 0.2) is 0 Å². The van der Waals surface area contributed by atoms with E-state index in [0.29, 0.717) is 0 Å². The predicted molar refractivity (Wildman–Crippen MR) is 72.9 cm³/mol. The Hall–Kier alpha value is -0.860. The zero-order valence-corrected chi connectivity index (χ0v) is 11.1. The molecule has 0 bridgehead atoms. The molecule has 1 N–H and O–H groups in total. The van der Waals surface area contributed by atoms with E-state index in [-0.39, 0.29) is 6.10 Å². The molecule has 0 saturated heterocycles. The molecule has 1 aromatic carbocycles. The van der Waals surface area contributed by atoms with E-state index in [1.165, 1.54) is 5.56 Å². The first-order valence-electron chi connectivity index (χ1n) is 6.63. The number of hydrogen-bond acceptors (Lipinski definition) is 2. The van der Waals surface area contributed by atoms with E-state index in [1.54, 1.807) is 0 Å². The number of rotatable bonds is 8. The lowest BCUT2D eigenvalue weighted by molar-refractivity contribution is 0.134. The number of nitrogens with zero attached hydrogens (tertiary/aromatic N) is 1. The van der Waals surface area contributed by atoms with E-state index in [0.717, 1.165) is 38.8 Å². The number of unbranched alkanes of at least 4 members (excludes halogenated alkanes) is 1. The lowest BCUT2D eigenvalue weighted by atomic mass is 10.1. The first-order valence-corrected chi connectivity index (χ1v) is 6.63. The van der Waals surface area contributed by atoms with Gasteiger partial charge in [0.25, 0.3) is 0 Å². The topological polar surface area (TPSA) is 23.5 Å². The van der Waals surface area contributed by atoms with Crippen LogP contribution >= 0.6 is 0 Å². The highest BCUT2D eigenvalue weighted by atomic mass is 16.3. The summed E-state index contributed by atoms with van der Waals surface area (Å²) in [5.41, 5.74) is 1.33. The highest BCUT2D eigenvalue weighted by Crippen LogP contribution is 2.07. The van der Waals surface area contributed by atoms with Crippen molar-refractivity contribution in [1.29, 1.82) is 0 Å². The molecule has 1 rings (SSSR count). The molecule has 96 valence electrons. The fraction of sp³-hybridized carbons (Fsp3) is 0.600. The minimum Gasteiger partial charge on any atom is -0.393 e. The number of aliphatic hydroxyl groups is 1. The molecule has 0 aliphatic heterocycles. The van der Waals surface area contributed by atoms with Crippen molar-refractivity contribution in [3.63, 3.8) is 0 Å². The maximum Gasteiger partial charge on any atom is 0.0552 e. The van der Waals surface area contributed by atoms with Gasteiger partial charge in [0.05, 0.1) is 6.10 Å². The molecule has 17 heavy (non-hydrogen) atoms. The monoisotopic (exact) mass is 235 g/mol. The van der Waals surface area contributed by atoms with Gasteiger partial charge >= 0.3 is 0 Å². The Morgan fingerprint density at radius 2 is 1.88 bits per heavy atom. The summed E-state index contributed by atoms with van der Waals surface area (Å²) >= 11 is 0. The SMILES string of the molecule is CCCC[C@@H](O)CCN(C)Cc1ccccc1. The van der Waals surface area contributed by atoms with Gasteiger partial charge in [0, 0.05) is 13.1 Å². The Balaban J connectivity index is 2.19. The summed E-state index contributed by atoms with van der Waals surface area (Å²) in [6.07, 6.45) is 3.98. The molecule has 2 heteroatoms. The van der Waals surface area contributed by atoms with Crippen molar-refractivity contribution in [3.05, 3.63) is 35.9 Å². The Morgan fingerprint density at radius 3 is 2.53 bits per heavy atom. The molecular weight excluding hydrogens is 210 g/mol. The zero-order chi connectivity index (χ0) is 12.5. The van der Waals surface area contributed by atoms with Crippen LogP contribution in [0.4, 0.5) is 0 Å². The normalized spacial score (nSPS) is 12.9. The quantitative estimate of drug-likeness (QED) is 0.748. The largest absolute Gasteiger partial charge is 0.393 e. The van der Waals surface area contributed by atoms with Crippen molar-refractivity contribution in [1.82, 2.24) is 4.90 Å². The van der Waals surface area contributed by atoms with E-state index >= 15 is 0 Å². The highest BCUT2D eigenvalue weighted by molar-refractivity contribution is 5.14. The van der Waals surface area contributed by atoms with Crippen molar-refractivity contribution >= 4 is 0 Å². The average molecular weight is 235 g/mol. The maximum atomic E-state index is 9.77. The fourth-order valence-electron chi connectivity index (χ4n) is 1.93. The van der Waals surface area contributed by atoms with Crippen molar-refractivity contribution in [2.75, 3.05) is 13.6 Å². The standard InChI is InChI=1S/C15H25NO/c1-3-4-10-15(17)11-12-16(2)13-14-8-6-5-7-9-14/h5-9,15,17H,3-4,10-13H2,1-2H3/t15-/m1/s1. The van der Waals surface area contributed by atoms with Gasteiger partial charge in [-0.1, -0.05) is 50.1 Å². The van der Waals surface area contributed by atoms with Crippen LogP contribution in [0.25, 0.3) is 0 Å². The highest BCUT2D eigenvalue weighted by Gasteiger charge is 2.06. The van der Waals surface area contributed by atoms with E-state index in [1.807, 2.05) is 6.07 Å². The van der Waals surface area contributed by atoms with Crippen LogP contribution in [0.5, 0.6) is 0 Å². The van der Waals surface area contributed by atoms with Gasteiger partial charge < -0.3 is 10.0 Å². The molecule has 0 heterocycles. The van der Waals surface area contributed by atoms with Gasteiger partial charge in [-0.2, -0.15) is 0 Å². The molecule has 0 spiro atoms. The molecule has 0 unspecified atom stereocenters. The zero-order valence-electron chi connectivity index (χ0n) is 11.1. The Labute approximate surface area is 105 Å². The third-order valence-corrected chi connectivity index (χ3v) is 3.03. The molecule has 0 fully saturated rings. The van der Waals surface area contributed by atoms with Crippen molar-refractivity contribution in [3.8, 4) is 0 Å². The number of hydrogen-bond donors (Lipinski definition) is 1. The summed E-state index contributed by atoms with van der Waals surface area (Å²) in [5, 5.41) is 9.77. The van der Waals surface area contributed by atoms with Crippen LogP contribution < -0.4 is 0 Å². The van der Waals surface area contributed by atoms with Gasteiger partial charge in [0.2, 0.25) is 0 Å². The van der Waals surface area contributed by atoms with Crippen LogP contribution in [0.15, 0.2) is 30.3 Å². The first-order chi connectivity index (χ1) is 8.22. The second kappa shape index (κ2) is 8.26. The van der Waals surface area contributed by atoms with Gasteiger partial charge in [-0.05, 0) is 25.5 Å².